The van der Waals surface area contributed by atoms with E-state index in [0.29, 0.717) is 11.6 Å². The maximum Gasteiger partial charge on any atom is 0.274 e. The topological polar surface area (TPSA) is 64.2 Å². The van der Waals surface area contributed by atoms with Gasteiger partial charge >= 0.3 is 0 Å². The van der Waals surface area contributed by atoms with Gasteiger partial charge in [0.25, 0.3) is 5.91 Å². The van der Waals surface area contributed by atoms with Crippen LogP contribution in [-0.4, -0.2) is 39.7 Å². The molecule has 3 rings (SSSR count). The Labute approximate surface area is 151 Å². The molecule has 1 aliphatic heterocycles. The number of amides is 1. The number of carbonyl (C=O) groups is 1. The Morgan fingerprint density at radius 1 is 1.38 bits per heavy atom. The number of likely N-dealkylation sites (tertiary alicyclic amines) is 1. The molecule has 1 aromatic heterocycles. The lowest BCUT2D eigenvalue weighted by atomic mass is 9.92. The van der Waals surface area contributed by atoms with Crippen molar-refractivity contribution in [3.05, 3.63) is 46.2 Å². The summed E-state index contributed by atoms with van der Waals surface area (Å²) in [5, 5.41) is 4.53. The molecule has 1 aliphatic rings. The van der Waals surface area contributed by atoms with Gasteiger partial charge in [0.2, 0.25) is 0 Å². The van der Waals surface area contributed by atoms with Gasteiger partial charge in [-0.15, -0.1) is 0 Å². The Morgan fingerprint density at radius 2 is 2.08 bits per heavy atom. The highest BCUT2D eigenvalue weighted by Gasteiger charge is 2.28. The number of aryl methyl sites for hydroxylation is 1. The van der Waals surface area contributed by atoms with Crippen molar-refractivity contribution < 1.29 is 4.79 Å². The number of nitrogens with zero attached hydrogens (tertiary/aromatic N) is 3. The second-order valence-electron chi connectivity index (χ2n) is 6.57. The van der Waals surface area contributed by atoms with Crippen LogP contribution in [0.1, 0.15) is 35.9 Å². The van der Waals surface area contributed by atoms with E-state index in [4.69, 9.17) is 5.73 Å². The highest BCUT2D eigenvalue weighted by atomic mass is 79.9. The van der Waals surface area contributed by atoms with E-state index in [1.807, 2.05) is 53.8 Å². The first-order valence-corrected chi connectivity index (χ1v) is 9.12. The van der Waals surface area contributed by atoms with E-state index in [0.717, 1.165) is 41.8 Å². The summed E-state index contributed by atoms with van der Waals surface area (Å²) in [6, 6.07) is 9.87. The van der Waals surface area contributed by atoms with Crippen LogP contribution in [0.4, 0.5) is 0 Å². The monoisotopic (exact) mass is 390 g/mol. The summed E-state index contributed by atoms with van der Waals surface area (Å²) in [6.45, 7) is 5.49. The van der Waals surface area contributed by atoms with Crippen molar-refractivity contribution in [3.8, 4) is 5.69 Å². The Hall–Kier alpha value is -1.66. The van der Waals surface area contributed by atoms with E-state index in [-0.39, 0.29) is 11.9 Å². The lowest BCUT2D eigenvalue weighted by Crippen LogP contribution is -2.45. The van der Waals surface area contributed by atoms with Gasteiger partial charge in [-0.2, -0.15) is 5.10 Å². The Balaban J connectivity index is 1.81. The normalized spacial score (nSPS) is 19.3. The van der Waals surface area contributed by atoms with Crippen LogP contribution in [0.2, 0.25) is 0 Å². The molecule has 0 bridgehead atoms. The van der Waals surface area contributed by atoms with Crippen LogP contribution in [-0.2, 0) is 0 Å². The number of piperidine rings is 1. The molecule has 2 atom stereocenters. The molecule has 1 aromatic carbocycles. The number of benzene rings is 1. The lowest BCUT2D eigenvalue weighted by molar-refractivity contribution is 0.0654. The molecule has 0 aliphatic carbocycles. The Kier molecular flexibility index (Phi) is 5.06. The number of carbonyl (C=O) groups excluding carboxylic acids is 1. The number of rotatable bonds is 3. The van der Waals surface area contributed by atoms with E-state index in [2.05, 4.69) is 21.0 Å². The maximum absolute atomic E-state index is 12.8. The van der Waals surface area contributed by atoms with Gasteiger partial charge in [0.15, 0.2) is 5.69 Å². The number of nitrogens with two attached hydrogens (primary N) is 1. The predicted molar refractivity (Wildman–Crippen MR) is 98.3 cm³/mol. The molecule has 1 amide bonds. The first kappa shape index (κ1) is 17.2. The number of hydrogen-bond acceptors (Lipinski definition) is 3. The van der Waals surface area contributed by atoms with E-state index in [1.165, 1.54) is 0 Å². The van der Waals surface area contributed by atoms with Crippen molar-refractivity contribution in [2.75, 3.05) is 13.1 Å². The number of hydrogen-bond donors (Lipinski definition) is 1. The molecule has 1 fully saturated rings. The Bertz CT molecular complexity index is 723. The van der Waals surface area contributed by atoms with Crippen LogP contribution in [0.3, 0.4) is 0 Å². The molecule has 0 spiro atoms. The summed E-state index contributed by atoms with van der Waals surface area (Å²) in [6.07, 6.45) is 2.10. The quantitative estimate of drug-likeness (QED) is 0.875. The van der Waals surface area contributed by atoms with Gasteiger partial charge in [-0.3, -0.25) is 4.79 Å². The number of halogens is 1. The van der Waals surface area contributed by atoms with Crippen molar-refractivity contribution >= 4 is 21.8 Å². The fraction of sp³-hybridized carbons (Fsp3) is 0.444. The molecular weight excluding hydrogens is 368 g/mol. The van der Waals surface area contributed by atoms with Gasteiger partial charge in [0.1, 0.15) is 0 Å². The second kappa shape index (κ2) is 7.07. The van der Waals surface area contributed by atoms with Gasteiger partial charge in [0, 0.05) is 29.3 Å². The fourth-order valence-electron chi connectivity index (χ4n) is 3.21. The molecule has 2 N–H and O–H groups in total. The fourth-order valence-corrected chi connectivity index (χ4v) is 3.47. The van der Waals surface area contributed by atoms with E-state index in [9.17, 15) is 4.79 Å². The van der Waals surface area contributed by atoms with E-state index >= 15 is 0 Å². The summed E-state index contributed by atoms with van der Waals surface area (Å²) in [7, 11) is 0. The van der Waals surface area contributed by atoms with Crippen molar-refractivity contribution in [2.24, 2.45) is 11.7 Å². The van der Waals surface area contributed by atoms with Crippen LogP contribution < -0.4 is 5.73 Å². The third-order valence-corrected chi connectivity index (χ3v) is 5.20. The molecule has 0 saturated carbocycles. The van der Waals surface area contributed by atoms with Crippen LogP contribution in [0, 0.1) is 12.8 Å². The van der Waals surface area contributed by atoms with Crippen LogP contribution >= 0.6 is 15.9 Å². The standard InChI is InChI=1S/C18H23BrN4O/c1-12-10-17(21-23(12)16-7-5-15(19)6-8-16)18(24)22-9-3-4-14(11-22)13(2)20/h5-8,10,13-14H,3-4,9,11,20H2,1-2H3/t13-,14-/m1/s1. The predicted octanol–water partition coefficient (Wildman–Crippen LogP) is 3.14. The minimum atomic E-state index is -0.000637. The largest absolute Gasteiger partial charge is 0.337 e. The highest BCUT2D eigenvalue weighted by molar-refractivity contribution is 9.10. The second-order valence-corrected chi connectivity index (χ2v) is 7.49. The van der Waals surface area contributed by atoms with Crippen molar-refractivity contribution in [3.63, 3.8) is 0 Å². The van der Waals surface area contributed by atoms with Gasteiger partial charge in [0.05, 0.1) is 5.69 Å². The van der Waals surface area contributed by atoms with Gasteiger partial charge in [-0.25, -0.2) is 4.68 Å². The van der Waals surface area contributed by atoms with E-state index < -0.39 is 0 Å². The van der Waals surface area contributed by atoms with Gasteiger partial charge in [-0.1, -0.05) is 15.9 Å². The van der Waals surface area contributed by atoms with Crippen molar-refractivity contribution in [2.45, 2.75) is 32.7 Å². The van der Waals surface area contributed by atoms with Gasteiger partial charge < -0.3 is 10.6 Å². The van der Waals surface area contributed by atoms with E-state index in [1.54, 1.807) is 0 Å². The molecule has 0 unspecified atom stereocenters. The Morgan fingerprint density at radius 3 is 2.75 bits per heavy atom. The van der Waals surface area contributed by atoms with Crippen LogP contribution in [0.5, 0.6) is 0 Å². The molecule has 128 valence electrons. The summed E-state index contributed by atoms with van der Waals surface area (Å²) in [4.78, 5) is 14.7. The minimum Gasteiger partial charge on any atom is -0.337 e. The zero-order valence-electron chi connectivity index (χ0n) is 14.1. The molecular formula is C18H23BrN4O. The molecule has 2 aromatic rings. The first-order valence-electron chi connectivity index (χ1n) is 8.33. The molecule has 1 saturated heterocycles. The zero-order valence-corrected chi connectivity index (χ0v) is 15.7. The first-order chi connectivity index (χ1) is 11.5. The summed E-state index contributed by atoms with van der Waals surface area (Å²) in [5.74, 6) is 0.372. The van der Waals surface area contributed by atoms with Crippen LogP contribution in [0.15, 0.2) is 34.8 Å². The summed E-state index contributed by atoms with van der Waals surface area (Å²) < 4.78 is 2.83. The average Bonchev–Trinajstić information content (AvgIpc) is 2.97. The molecule has 2 heterocycles. The highest BCUT2D eigenvalue weighted by Crippen LogP contribution is 2.21. The molecule has 0 radical (unpaired) electrons. The third-order valence-electron chi connectivity index (χ3n) is 4.67. The molecule has 5 nitrogen and oxygen atoms in total. The summed E-state index contributed by atoms with van der Waals surface area (Å²) >= 11 is 3.43. The maximum atomic E-state index is 12.8. The van der Waals surface area contributed by atoms with Crippen molar-refractivity contribution in [1.29, 1.82) is 0 Å². The minimum absolute atomic E-state index is 0.000637. The smallest absolute Gasteiger partial charge is 0.274 e. The van der Waals surface area contributed by atoms with Crippen molar-refractivity contribution in [1.82, 2.24) is 14.7 Å². The number of aromatic nitrogens is 2. The summed E-state index contributed by atoms with van der Waals surface area (Å²) in [5.41, 5.74) is 8.42. The average molecular weight is 391 g/mol. The third kappa shape index (κ3) is 3.54. The lowest BCUT2D eigenvalue weighted by Gasteiger charge is -2.34. The zero-order chi connectivity index (χ0) is 17.3. The van der Waals surface area contributed by atoms with Crippen LogP contribution in [0.25, 0.3) is 5.69 Å². The SMILES string of the molecule is Cc1cc(C(=O)N2CCC[C@@H]([C@@H](C)N)C2)nn1-c1ccc(Br)cc1. The molecule has 24 heavy (non-hydrogen) atoms. The molecule has 6 heteroatoms. The van der Waals surface area contributed by atoms with Gasteiger partial charge in [-0.05, 0) is 62.9 Å².